The van der Waals surface area contributed by atoms with Crippen LogP contribution in [0.1, 0.15) is 11.1 Å². The van der Waals surface area contributed by atoms with E-state index >= 15 is 0 Å². The Labute approximate surface area is 161 Å². The number of ether oxygens (including phenoxy) is 1. The van der Waals surface area contributed by atoms with Crippen LogP contribution >= 0.6 is 0 Å². The summed E-state index contributed by atoms with van der Waals surface area (Å²) in [6, 6.07) is 18.7. The second kappa shape index (κ2) is 7.48. The zero-order valence-electron chi connectivity index (χ0n) is 14.8. The van der Waals surface area contributed by atoms with Crippen molar-refractivity contribution in [1.82, 2.24) is 0 Å². The molecule has 0 aliphatic rings. The van der Waals surface area contributed by atoms with Gasteiger partial charge < -0.3 is 10.5 Å². The Morgan fingerprint density at radius 3 is 1.79 bits per heavy atom. The zero-order chi connectivity index (χ0) is 20.3. The summed E-state index contributed by atoms with van der Waals surface area (Å²) in [5.74, 6) is 0.666. The number of hydrogen-bond donors (Lipinski definition) is 1. The maximum atomic E-state index is 10.9. The minimum Gasteiger partial charge on any atom is -0.497 e. The lowest BCUT2D eigenvalue weighted by molar-refractivity contribution is -0.384. The van der Waals surface area contributed by atoms with Crippen molar-refractivity contribution in [2.75, 3.05) is 12.8 Å². The second-order valence-electron chi connectivity index (χ2n) is 5.89. The molecule has 0 saturated carbocycles. The SMILES string of the molecule is COc1ccc(-c2cc(-c3ccc([N+](=O)[O-])cc3)c(C#N)c(N)c2C#N)cc1. The van der Waals surface area contributed by atoms with E-state index in [1.165, 1.54) is 12.1 Å². The Kier molecular flexibility index (Phi) is 4.93. The van der Waals surface area contributed by atoms with E-state index < -0.39 is 4.92 Å². The molecule has 0 bridgehead atoms. The van der Waals surface area contributed by atoms with Crippen LogP contribution in [0.3, 0.4) is 0 Å². The number of nitrogen functional groups attached to an aromatic ring is 1. The molecule has 136 valence electrons. The van der Waals surface area contributed by atoms with E-state index in [0.29, 0.717) is 22.4 Å². The van der Waals surface area contributed by atoms with Crippen LogP contribution in [0, 0.1) is 32.8 Å². The number of nitro benzene ring substituents is 1. The molecule has 0 fully saturated rings. The van der Waals surface area contributed by atoms with Gasteiger partial charge in [-0.15, -0.1) is 0 Å². The van der Waals surface area contributed by atoms with Crippen LogP contribution in [-0.2, 0) is 0 Å². The third-order valence-corrected chi connectivity index (χ3v) is 4.38. The predicted octanol–water partition coefficient (Wildman–Crippen LogP) is 4.26. The summed E-state index contributed by atoms with van der Waals surface area (Å²) < 4.78 is 5.16. The Hall–Kier alpha value is -4.36. The smallest absolute Gasteiger partial charge is 0.269 e. The summed E-state index contributed by atoms with van der Waals surface area (Å²) in [5.41, 5.74) is 8.90. The van der Waals surface area contributed by atoms with Gasteiger partial charge in [0.15, 0.2) is 0 Å². The molecule has 0 radical (unpaired) electrons. The number of nitriles is 2. The quantitative estimate of drug-likeness (QED) is 0.415. The lowest BCUT2D eigenvalue weighted by Crippen LogP contribution is -2.01. The maximum Gasteiger partial charge on any atom is 0.269 e. The van der Waals surface area contributed by atoms with E-state index in [9.17, 15) is 20.6 Å². The molecule has 0 amide bonds. The van der Waals surface area contributed by atoms with E-state index in [1.54, 1.807) is 49.6 Å². The number of non-ortho nitro benzene ring substituents is 1. The van der Waals surface area contributed by atoms with Gasteiger partial charge in [0.2, 0.25) is 0 Å². The zero-order valence-corrected chi connectivity index (χ0v) is 14.8. The molecule has 7 heteroatoms. The number of hydrogen-bond acceptors (Lipinski definition) is 6. The predicted molar refractivity (Wildman–Crippen MR) is 104 cm³/mol. The summed E-state index contributed by atoms with van der Waals surface area (Å²) in [5, 5.41) is 30.1. The summed E-state index contributed by atoms with van der Waals surface area (Å²) in [4.78, 5) is 10.4. The average molecular weight is 370 g/mol. The van der Waals surface area contributed by atoms with E-state index in [-0.39, 0.29) is 22.5 Å². The molecule has 0 unspecified atom stereocenters. The van der Waals surface area contributed by atoms with Gasteiger partial charge in [-0.25, -0.2) is 0 Å². The van der Waals surface area contributed by atoms with Gasteiger partial charge in [-0.2, -0.15) is 10.5 Å². The van der Waals surface area contributed by atoms with Crippen LogP contribution in [0.2, 0.25) is 0 Å². The minimum absolute atomic E-state index is 0.0562. The van der Waals surface area contributed by atoms with E-state index in [1.807, 2.05) is 6.07 Å². The second-order valence-corrected chi connectivity index (χ2v) is 5.89. The van der Waals surface area contributed by atoms with Crippen LogP contribution in [0.4, 0.5) is 11.4 Å². The fourth-order valence-corrected chi connectivity index (χ4v) is 2.93. The molecule has 7 nitrogen and oxygen atoms in total. The van der Waals surface area contributed by atoms with Gasteiger partial charge in [0, 0.05) is 23.3 Å². The molecule has 0 aliphatic carbocycles. The highest BCUT2D eigenvalue weighted by molar-refractivity contribution is 5.89. The van der Waals surface area contributed by atoms with E-state index in [4.69, 9.17) is 10.5 Å². The molecule has 0 atom stereocenters. The Morgan fingerprint density at radius 1 is 0.929 bits per heavy atom. The molecule has 0 saturated heterocycles. The van der Waals surface area contributed by atoms with Gasteiger partial charge >= 0.3 is 0 Å². The van der Waals surface area contributed by atoms with Crippen LogP contribution in [0.15, 0.2) is 54.6 Å². The van der Waals surface area contributed by atoms with Crippen molar-refractivity contribution in [3.05, 3.63) is 75.8 Å². The molecule has 2 N–H and O–H groups in total. The van der Waals surface area contributed by atoms with Crippen molar-refractivity contribution in [2.45, 2.75) is 0 Å². The first-order chi connectivity index (χ1) is 13.5. The molecule has 3 rings (SSSR count). The molecular formula is C21H14N4O3. The minimum atomic E-state index is -0.495. The first-order valence-corrected chi connectivity index (χ1v) is 8.16. The van der Waals surface area contributed by atoms with Crippen molar-refractivity contribution in [3.8, 4) is 40.1 Å². The van der Waals surface area contributed by atoms with Gasteiger partial charge in [-0.05, 0) is 41.5 Å². The van der Waals surface area contributed by atoms with Gasteiger partial charge in [-0.1, -0.05) is 12.1 Å². The number of benzene rings is 3. The van der Waals surface area contributed by atoms with E-state index in [2.05, 4.69) is 6.07 Å². The first-order valence-electron chi connectivity index (χ1n) is 8.16. The fraction of sp³-hybridized carbons (Fsp3) is 0.0476. The summed E-state index contributed by atoms with van der Waals surface area (Å²) in [6.07, 6.45) is 0. The highest BCUT2D eigenvalue weighted by Gasteiger charge is 2.19. The van der Waals surface area contributed by atoms with Crippen LogP contribution in [0.5, 0.6) is 5.75 Å². The van der Waals surface area contributed by atoms with Crippen molar-refractivity contribution >= 4 is 11.4 Å². The third kappa shape index (κ3) is 3.20. The lowest BCUT2D eigenvalue weighted by atomic mass is 9.89. The summed E-state index contributed by atoms with van der Waals surface area (Å²) >= 11 is 0. The van der Waals surface area contributed by atoms with Crippen molar-refractivity contribution in [3.63, 3.8) is 0 Å². The summed E-state index contributed by atoms with van der Waals surface area (Å²) in [6.45, 7) is 0. The maximum absolute atomic E-state index is 10.9. The number of methoxy groups -OCH3 is 1. The van der Waals surface area contributed by atoms with Gasteiger partial charge in [-0.3, -0.25) is 10.1 Å². The highest BCUT2D eigenvalue weighted by Crippen LogP contribution is 2.38. The molecule has 0 aliphatic heterocycles. The molecular weight excluding hydrogens is 356 g/mol. The van der Waals surface area contributed by atoms with Gasteiger partial charge in [0.25, 0.3) is 5.69 Å². The number of nitro groups is 1. The topological polar surface area (TPSA) is 126 Å². The largest absolute Gasteiger partial charge is 0.497 e. The third-order valence-electron chi connectivity index (χ3n) is 4.38. The van der Waals surface area contributed by atoms with Crippen molar-refractivity contribution < 1.29 is 9.66 Å². The number of anilines is 1. The number of nitrogens with two attached hydrogens (primary N) is 1. The van der Waals surface area contributed by atoms with Crippen LogP contribution in [-0.4, -0.2) is 12.0 Å². The Balaban J connectivity index is 2.25. The number of nitrogens with zero attached hydrogens (tertiary/aromatic N) is 3. The molecule has 3 aromatic carbocycles. The summed E-state index contributed by atoms with van der Waals surface area (Å²) in [7, 11) is 1.56. The highest BCUT2D eigenvalue weighted by atomic mass is 16.6. The molecule has 28 heavy (non-hydrogen) atoms. The van der Waals surface area contributed by atoms with E-state index in [0.717, 1.165) is 5.56 Å². The van der Waals surface area contributed by atoms with Gasteiger partial charge in [0.05, 0.1) is 28.8 Å². The van der Waals surface area contributed by atoms with Crippen molar-refractivity contribution in [2.24, 2.45) is 0 Å². The molecule has 3 aromatic rings. The van der Waals surface area contributed by atoms with Crippen molar-refractivity contribution in [1.29, 1.82) is 10.5 Å². The Bertz CT molecular complexity index is 1140. The molecule has 0 spiro atoms. The standard InChI is InChI=1S/C21H14N4O3/c1-28-16-8-4-14(5-9-16)18-10-17(19(11-22)21(24)20(18)12-23)13-2-6-15(7-3-13)25(26)27/h2-10H,24H2,1H3. The molecule has 0 aromatic heterocycles. The normalized spacial score (nSPS) is 9.96. The van der Waals surface area contributed by atoms with Crippen LogP contribution < -0.4 is 10.5 Å². The lowest BCUT2D eigenvalue weighted by Gasteiger charge is -2.14. The van der Waals surface area contributed by atoms with Gasteiger partial charge in [0.1, 0.15) is 17.9 Å². The monoisotopic (exact) mass is 370 g/mol. The Morgan fingerprint density at radius 2 is 1.39 bits per heavy atom. The fourth-order valence-electron chi connectivity index (χ4n) is 2.93. The number of rotatable bonds is 4. The van der Waals surface area contributed by atoms with Crippen LogP contribution in [0.25, 0.3) is 22.3 Å². The average Bonchev–Trinajstić information content (AvgIpc) is 2.73. The first kappa shape index (κ1) is 18.4. The molecule has 0 heterocycles.